The van der Waals surface area contributed by atoms with Crippen LogP contribution in [0.4, 0.5) is 9.93 Å². The first kappa shape index (κ1) is 25.9. The van der Waals surface area contributed by atoms with Crippen LogP contribution < -0.4 is 10.5 Å². The molecular weight excluding hydrogens is 530 g/mol. The molecule has 1 N–H and O–H groups in total. The van der Waals surface area contributed by atoms with E-state index in [1.807, 2.05) is 45.9 Å². The molecule has 0 bridgehead atoms. The number of amides is 1. The summed E-state index contributed by atoms with van der Waals surface area (Å²) in [4.78, 5) is 27.3. The molecule has 0 saturated carbocycles. The summed E-state index contributed by atoms with van der Waals surface area (Å²) in [7, 11) is -3.95. The summed E-state index contributed by atoms with van der Waals surface area (Å²) in [5.41, 5.74) is 4.33. The second-order valence-corrected chi connectivity index (χ2v) is 12.5. The van der Waals surface area contributed by atoms with Crippen molar-refractivity contribution in [1.82, 2.24) is 19.7 Å². The molecule has 200 valence electrons. The van der Waals surface area contributed by atoms with Crippen molar-refractivity contribution < 1.29 is 22.4 Å². The topological polar surface area (TPSA) is 137 Å². The number of ether oxygens (including phenoxy) is 1. The van der Waals surface area contributed by atoms with Crippen LogP contribution in [0.2, 0.25) is 0 Å². The van der Waals surface area contributed by atoms with Crippen molar-refractivity contribution >= 4 is 43.7 Å². The molecule has 1 atom stereocenters. The van der Waals surface area contributed by atoms with Crippen molar-refractivity contribution in [3.05, 3.63) is 69.1 Å². The third-order valence-corrected chi connectivity index (χ3v) is 8.35. The predicted molar refractivity (Wildman–Crippen MR) is 142 cm³/mol. The Balaban J connectivity index is 1.48. The fourth-order valence-electron chi connectivity index (χ4n) is 4.56. The molecule has 0 aliphatic carbocycles. The highest BCUT2D eigenvalue weighted by Crippen LogP contribution is 2.31. The minimum atomic E-state index is -3.95. The Morgan fingerprint density at radius 1 is 1.24 bits per heavy atom. The van der Waals surface area contributed by atoms with Crippen LogP contribution in [-0.2, 0) is 27.7 Å². The van der Waals surface area contributed by atoms with E-state index in [1.54, 1.807) is 11.0 Å². The van der Waals surface area contributed by atoms with Crippen molar-refractivity contribution in [3.8, 4) is 0 Å². The predicted octanol–water partition coefficient (Wildman–Crippen LogP) is 4.15. The largest absolute Gasteiger partial charge is 0.444 e. The lowest BCUT2D eigenvalue weighted by Crippen LogP contribution is -2.40. The molecule has 3 heterocycles. The normalized spacial score (nSPS) is 14.8. The third kappa shape index (κ3) is 5.03. The molecule has 1 aliphatic rings. The van der Waals surface area contributed by atoms with Crippen LogP contribution in [0.25, 0.3) is 11.1 Å². The van der Waals surface area contributed by atoms with Crippen LogP contribution in [0.15, 0.2) is 56.0 Å². The van der Waals surface area contributed by atoms with Gasteiger partial charge < -0.3 is 14.1 Å². The molecule has 2 aromatic heterocycles. The van der Waals surface area contributed by atoms with Crippen LogP contribution in [0.1, 0.15) is 50.4 Å². The lowest BCUT2D eigenvalue weighted by Gasteiger charge is -2.33. The van der Waals surface area contributed by atoms with Gasteiger partial charge >= 0.3 is 11.8 Å². The lowest BCUT2D eigenvalue weighted by atomic mass is 9.91. The smallest absolute Gasteiger partial charge is 0.420 e. The molecular formula is C25H27N5O6S2. The zero-order valence-corrected chi connectivity index (χ0v) is 22.9. The number of fused-ring (bicyclic) bond motifs is 2. The summed E-state index contributed by atoms with van der Waals surface area (Å²) in [5.74, 6) is -0.614. The maximum Gasteiger partial charge on any atom is 0.420 e. The standard InChI is InChI=1S/C25H27N5O6S2/c1-15(18-7-5-6-16-10-11-29(13-19(16)18)23(31)36-25(2,3)4)30-20-9-8-17(12-21(20)35-24(30)32)38(33,34)28-22-27-26-14-37-22/h5-9,12,14-15H,10-11,13H2,1-4H3,(H,27,28). The second-order valence-electron chi connectivity index (χ2n) is 10.0. The van der Waals surface area contributed by atoms with E-state index < -0.39 is 27.4 Å². The Kier molecular flexibility index (Phi) is 6.51. The monoisotopic (exact) mass is 557 g/mol. The summed E-state index contributed by atoms with van der Waals surface area (Å²) in [6, 6.07) is 9.72. The van der Waals surface area contributed by atoms with Gasteiger partial charge in [-0.25, -0.2) is 18.0 Å². The molecule has 38 heavy (non-hydrogen) atoms. The summed E-state index contributed by atoms with van der Waals surface area (Å²) in [6.07, 6.45) is 0.284. The third-order valence-electron chi connectivity index (χ3n) is 6.28. The highest BCUT2D eigenvalue weighted by Gasteiger charge is 2.29. The Morgan fingerprint density at radius 3 is 2.74 bits per heavy atom. The van der Waals surface area contributed by atoms with Crippen molar-refractivity contribution in [2.45, 2.75) is 57.2 Å². The Bertz CT molecular complexity index is 1670. The maximum absolute atomic E-state index is 13.0. The number of nitrogens with one attached hydrogen (secondary N) is 1. The first-order valence-corrected chi connectivity index (χ1v) is 14.3. The van der Waals surface area contributed by atoms with Gasteiger partial charge in [0.05, 0.1) is 16.5 Å². The van der Waals surface area contributed by atoms with Gasteiger partial charge in [0.15, 0.2) is 5.58 Å². The van der Waals surface area contributed by atoms with Gasteiger partial charge in [0.1, 0.15) is 11.1 Å². The molecule has 11 nitrogen and oxygen atoms in total. The molecule has 1 amide bonds. The van der Waals surface area contributed by atoms with Gasteiger partial charge in [-0.15, -0.1) is 10.2 Å². The van der Waals surface area contributed by atoms with Crippen LogP contribution in [0.3, 0.4) is 0 Å². The molecule has 13 heteroatoms. The number of benzene rings is 2. The van der Waals surface area contributed by atoms with E-state index in [-0.39, 0.29) is 21.7 Å². The fraction of sp³-hybridized carbons (Fsp3) is 0.360. The molecule has 0 radical (unpaired) electrons. The Morgan fingerprint density at radius 2 is 2.03 bits per heavy atom. The van der Waals surface area contributed by atoms with Gasteiger partial charge in [-0.1, -0.05) is 29.5 Å². The van der Waals surface area contributed by atoms with Crippen molar-refractivity contribution in [3.63, 3.8) is 0 Å². The van der Waals surface area contributed by atoms with E-state index in [2.05, 4.69) is 14.9 Å². The number of sulfonamides is 1. The average Bonchev–Trinajstić information content (AvgIpc) is 3.47. The van der Waals surface area contributed by atoms with E-state index in [4.69, 9.17) is 9.15 Å². The van der Waals surface area contributed by atoms with Gasteiger partial charge in [0.25, 0.3) is 10.0 Å². The van der Waals surface area contributed by atoms with Crippen molar-refractivity contribution in [2.24, 2.45) is 0 Å². The minimum absolute atomic E-state index is 0.0705. The fourth-order valence-corrected chi connectivity index (χ4v) is 6.27. The van der Waals surface area contributed by atoms with Gasteiger partial charge in [0, 0.05) is 19.2 Å². The van der Waals surface area contributed by atoms with Gasteiger partial charge in [-0.2, -0.15) is 0 Å². The zero-order valence-electron chi connectivity index (χ0n) is 21.3. The number of hydrogen-bond acceptors (Lipinski definition) is 9. The molecule has 1 unspecified atom stereocenters. The van der Waals surface area contributed by atoms with E-state index in [0.717, 1.165) is 28.0 Å². The number of anilines is 1. The molecule has 0 spiro atoms. The summed E-state index contributed by atoms with van der Waals surface area (Å²) in [5, 5.41) is 7.46. The lowest BCUT2D eigenvalue weighted by molar-refractivity contribution is 0.0223. The van der Waals surface area contributed by atoms with Crippen LogP contribution >= 0.6 is 11.3 Å². The zero-order chi connectivity index (χ0) is 27.2. The highest BCUT2D eigenvalue weighted by molar-refractivity contribution is 7.93. The number of carbonyl (C=O) groups excluding carboxylic acids is 1. The second kappa shape index (κ2) is 9.55. The molecule has 2 aromatic carbocycles. The quantitative estimate of drug-likeness (QED) is 0.386. The molecule has 5 rings (SSSR count). The number of oxazole rings is 1. The first-order chi connectivity index (χ1) is 17.9. The summed E-state index contributed by atoms with van der Waals surface area (Å²) >= 11 is 1.05. The summed E-state index contributed by atoms with van der Waals surface area (Å²) in [6.45, 7) is 8.26. The molecule has 0 fully saturated rings. The van der Waals surface area contributed by atoms with E-state index >= 15 is 0 Å². The number of nitrogens with zero attached hydrogens (tertiary/aromatic N) is 4. The van der Waals surface area contributed by atoms with Crippen LogP contribution in [-0.4, -0.2) is 46.3 Å². The van der Waals surface area contributed by atoms with Crippen molar-refractivity contribution in [1.29, 1.82) is 0 Å². The van der Waals surface area contributed by atoms with E-state index in [1.165, 1.54) is 22.2 Å². The molecule has 4 aromatic rings. The van der Waals surface area contributed by atoms with Crippen LogP contribution in [0.5, 0.6) is 0 Å². The molecule has 0 saturated heterocycles. The number of aromatic nitrogens is 3. The van der Waals surface area contributed by atoms with Gasteiger partial charge in [-0.3, -0.25) is 9.29 Å². The SMILES string of the molecule is CC(c1cccc2c1CN(C(=O)OC(C)(C)C)CC2)n1c(=O)oc2cc(S(=O)(=O)Nc3nncs3)ccc21. The van der Waals surface area contributed by atoms with Crippen LogP contribution in [0, 0.1) is 0 Å². The van der Waals surface area contributed by atoms with E-state index in [9.17, 15) is 18.0 Å². The van der Waals surface area contributed by atoms with Crippen molar-refractivity contribution in [2.75, 3.05) is 11.3 Å². The molecule has 1 aliphatic heterocycles. The average molecular weight is 558 g/mol. The number of rotatable bonds is 5. The maximum atomic E-state index is 13.0. The highest BCUT2D eigenvalue weighted by atomic mass is 32.2. The Labute approximate surface area is 223 Å². The number of hydrogen-bond donors (Lipinski definition) is 1. The minimum Gasteiger partial charge on any atom is -0.444 e. The Hall–Kier alpha value is -3.71. The van der Waals surface area contributed by atoms with Gasteiger partial charge in [-0.05, 0) is 62.9 Å². The first-order valence-electron chi connectivity index (χ1n) is 12.0. The van der Waals surface area contributed by atoms with E-state index in [0.29, 0.717) is 25.0 Å². The summed E-state index contributed by atoms with van der Waals surface area (Å²) < 4.78 is 40.5. The van der Waals surface area contributed by atoms with Gasteiger partial charge in [0.2, 0.25) is 5.13 Å². The number of carbonyl (C=O) groups is 1.